The van der Waals surface area contributed by atoms with Crippen molar-refractivity contribution in [2.75, 3.05) is 17.1 Å². The molecule has 0 unspecified atom stereocenters. The molecular formula is C23H21BrClF3N4O3S. The molecule has 0 fully saturated rings. The lowest BCUT2D eigenvalue weighted by Gasteiger charge is -2.22. The monoisotopic (exact) mass is 604 g/mol. The summed E-state index contributed by atoms with van der Waals surface area (Å²) in [5.41, 5.74) is 4.06. The van der Waals surface area contributed by atoms with Crippen LogP contribution in [0.5, 0.6) is 0 Å². The molecule has 1 heterocycles. The standard InChI is InChI=1S/C23H21BrClF3N4O3S/c1-14-9-16(15(2)32(14)19-6-4-5-17(24)10-19)12-29-30-22(33)13-31(36(3,34)35)18-7-8-21(25)20(11-18)23(26,27)28/h4-12H,13H2,1-3H3,(H,30,33)/b29-12-. The maximum Gasteiger partial charge on any atom is 0.417 e. The molecule has 0 radical (unpaired) electrons. The first-order valence-corrected chi connectivity index (χ1v) is 13.3. The molecular weight excluding hydrogens is 585 g/mol. The second-order valence-corrected chi connectivity index (χ2v) is 11.1. The Kier molecular flexibility index (Phi) is 8.21. The van der Waals surface area contributed by atoms with E-state index in [0.29, 0.717) is 15.9 Å². The third-order valence-electron chi connectivity index (χ3n) is 5.16. The number of sulfonamides is 1. The number of carbonyl (C=O) groups is 1. The molecule has 1 amide bonds. The molecule has 1 N–H and O–H groups in total. The van der Waals surface area contributed by atoms with E-state index in [0.717, 1.165) is 39.9 Å². The molecule has 0 aliphatic heterocycles. The number of halogens is 5. The number of amides is 1. The number of benzene rings is 2. The number of aromatic nitrogens is 1. The normalized spacial score (nSPS) is 12.2. The average Bonchev–Trinajstić information content (AvgIpc) is 3.04. The molecule has 1 aromatic heterocycles. The summed E-state index contributed by atoms with van der Waals surface area (Å²) in [6.45, 7) is 3.00. The SMILES string of the molecule is Cc1cc(/C=N\NC(=O)CN(c2ccc(Cl)c(C(F)(F)F)c2)S(C)(=O)=O)c(C)n1-c1cccc(Br)c1. The fraction of sp³-hybridized carbons (Fsp3) is 0.217. The maximum absolute atomic E-state index is 13.2. The van der Waals surface area contributed by atoms with Crippen molar-refractivity contribution in [2.45, 2.75) is 20.0 Å². The summed E-state index contributed by atoms with van der Waals surface area (Å²) in [5, 5.41) is 3.31. The van der Waals surface area contributed by atoms with Crippen molar-refractivity contribution < 1.29 is 26.4 Å². The van der Waals surface area contributed by atoms with E-state index < -0.39 is 39.2 Å². The molecule has 3 rings (SSSR count). The minimum atomic E-state index is -4.80. The molecule has 2 aromatic carbocycles. The Bertz CT molecular complexity index is 1440. The molecule has 0 aliphatic rings. The minimum Gasteiger partial charge on any atom is -0.318 e. The predicted molar refractivity (Wildman–Crippen MR) is 137 cm³/mol. The van der Waals surface area contributed by atoms with Crippen molar-refractivity contribution in [3.05, 3.63) is 80.5 Å². The smallest absolute Gasteiger partial charge is 0.318 e. The van der Waals surface area contributed by atoms with E-state index in [1.165, 1.54) is 6.21 Å². The molecule has 13 heteroatoms. The summed E-state index contributed by atoms with van der Waals surface area (Å²) < 4.78 is 67.6. The zero-order chi connectivity index (χ0) is 26.8. The molecule has 0 saturated carbocycles. The van der Waals surface area contributed by atoms with Gasteiger partial charge in [-0.15, -0.1) is 0 Å². The lowest BCUT2D eigenvalue weighted by atomic mass is 10.2. The van der Waals surface area contributed by atoms with Gasteiger partial charge in [-0.25, -0.2) is 13.8 Å². The van der Waals surface area contributed by atoms with E-state index in [9.17, 15) is 26.4 Å². The van der Waals surface area contributed by atoms with Gasteiger partial charge >= 0.3 is 6.18 Å². The number of carbonyl (C=O) groups excluding carboxylic acids is 1. The van der Waals surface area contributed by atoms with E-state index in [-0.39, 0.29) is 5.69 Å². The fourth-order valence-electron chi connectivity index (χ4n) is 3.56. The van der Waals surface area contributed by atoms with Crippen LogP contribution in [0.1, 0.15) is 22.5 Å². The summed E-state index contributed by atoms with van der Waals surface area (Å²) in [6.07, 6.45) is -2.61. The number of hydrogen-bond donors (Lipinski definition) is 1. The Hall–Kier alpha value is -2.83. The lowest BCUT2D eigenvalue weighted by Crippen LogP contribution is -2.39. The molecule has 0 bridgehead atoms. The summed E-state index contributed by atoms with van der Waals surface area (Å²) in [5.74, 6) is -0.846. The topological polar surface area (TPSA) is 83.8 Å². The first kappa shape index (κ1) is 27.8. The highest BCUT2D eigenvalue weighted by Gasteiger charge is 2.34. The van der Waals surface area contributed by atoms with Crippen LogP contribution in [0.2, 0.25) is 5.02 Å². The van der Waals surface area contributed by atoms with Gasteiger partial charge in [0, 0.05) is 27.1 Å². The molecule has 0 aliphatic carbocycles. The van der Waals surface area contributed by atoms with Crippen LogP contribution in [-0.4, -0.2) is 37.9 Å². The van der Waals surface area contributed by atoms with Crippen LogP contribution >= 0.6 is 27.5 Å². The fourth-order valence-corrected chi connectivity index (χ4v) is 5.02. The second kappa shape index (κ2) is 10.7. The van der Waals surface area contributed by atoms with Crippen LogP contribution in [0.3, 0.4) is 0 Å². The Morgan fingerprint density at radius 2 is 1.89 bits per heavy atom. The highest BCUT2D eigenvalue weighted by Crippen LogP contribution is 2.37. The maximum atomic E-state index is 13.2. The molecule has 36 heavy (non-hydrogen) atoms. The third-order valence-corrected chi connectivity index (χ3v) is 7.12. The molecule has 0 saturated heterocycles. The van der Waals surface area contributed by atoms with Crippen LogP contribution in [0.4, 0.5) is 18.9 Å². The van der Waals surface area contributed by atoms with Gasteiger partial charge in [0.05, 0.1) is 28.7 Å². The summed E-state index contributed by atoms with van der Waals surface area (Å²) in [7, 11) is -4.11. The summed E-state index contributed by atoms with van der Waals surface area (Å²) in [6, 6.07) is 12.2. The van der Waals surface area contributed by atoms with Crippen LogP contribution < -0.4 is 9.73 Å². The number of anilines is 1. The van der Waals surface area contributed by atoms with Gasteiger partial charge in [-0.1, -0.05) is 33.6 Å². The van der Waals surface area contributed by atoms with E-state index >= 15 is 0 Å². The van der Waals surface area contributed by atoms with Crippen molar-refractivity contribution in [3.8, 4) is 5.69 Å². The van der Waals surface area contributed by atoms with Gasteiger partial charge in [-0.3, -0.25) is 9.10 Å². The lowest BCUT2D eigenvalue weighted by molar-refractivity contribution is -0.137. The second-order valence-electron chi connectivity index (χ2n) is 7.87. The predicted octanol–water partition coefficient (Wildman–Crippen LogP) is 5.45. The number of hydrazone groups is 1. The van der Waals surface area contributed by atoms with Crippen molar-refractivity contribution in [2.24, 2.45) is 5.10 Å². The van der Waals surface area contributed by atoms with Crippen molar-refractivity contribution >= 4 is 55.4 Å². The first-order valence-electron chi connectivity index (χ1n) is 10.3. The van der Waals surface area contributed by atoms with Crippen LogP contribution in [-0.2, 0) is 21.0 Å². The quantitative estimate of drug-likeness (QED) is 0.287. The van der Waals surface area contributed by atoms with Gasteiger partial charge in [0.2, 0.25) is 10.0 Å². The highest BCUT2D eigenvalue weighted by atomic mass is 79.9. The number of hydrogen-bond acceptors (Lipinski definition) is 4. The Labute approximate surface area is 219 Å². The summed E-state index contributed by atoms with van der Waals surface area (Å²) in [4.78, 5) is 12.4. The number of aryl methyl sites for hydroxylation is 1. The minimum absolute atomic E-state index is 0.356. The van der Waals surface area contributed by atoms with Gasteiger partial charge < -0.3 is 4.57 Å². The average molecular weight is 606 g/mol. The third kappa shape index (κ3) is 6.48. The number of nitrogens with one attached hydrogen (secondary N) is 1. The molecule has 3 aromatic rings. The number of alkyl halides is 3. The van der Waals surface area contributed by atoms with E-state index in [2.05, 4.69) is 26.5 Å². The van der Waals surface area contributed by atoms with Gasteiger partial charge in [0.25, 0.3) is 5.91 Å². The first-order chi connectivity index (χ1) is 16.7. The van der Waals surface area contributed by atoms with E-state index in [1.807, 2.05) is 48.7 Å². The molecule has 0 atom stereocenters. The zero-order valence-corrected chi connectivity index (χ0v) is 22.4. The van der Waals surface area contributed by atoms with Gasteiger partial charge in [-0.05, 0) is 56.3 Å². The van der Waals surface area contributed by atoms with Gasteiger partial charge in [0.15, 0.2) is 0 Å². The number of nitrogens with zero attached hydrogens (tertiary/aromatic N) is 3. The van der Waals surface area contributed by atoms with Crippen molar-refractivity contribution in [1.29, 1.82) is 0 Å². The van der Waals surface area contributed by atoms with Gasteiger partial charge in [-0.2, -0.15) is 18.3 Å². The van der Waals surface area contributed by atoms with Crippen LogP contribution in [0, 0.1) is 13.8 Å². The van der Waals surface area contributed by atoms with E-state index in [4.69, 9.17) is 11.6 Å². The van der Waals surface area contributed by atoms with Crippen LogP contribution in [0.25, 0.3) is 5.69 Å². The zero-order valence-electron chi connectivity index (χ0n) is 19.3. The molecule has 192 valence electrons. The summed E-state index contributed by atoms with van der Waals surface area (Å²) >= 11 is 9.06. The van der Waals surface area contributed by atoms with Crippen molar-refractivity contribution in [3.63, 3.8) is 0 Å². The van der Waals surface area contributed by atoms with Crippen molar-refractivity contribution in [1.82, 2.24) is 9.99 Å². The largest absolute Gasteiger partial charge is 0.417 e. The highest BCUT2D eigenvalue weighted by molar-refractivity contribution is 9.10. The van der Waals surface area contributed by atoms with Gasteiger partial charge in [0.1, 0.15) is 6.54 Å². The molecule has 0 spiro atoms. The molecule has 7 nitrogen and oxygen atoms in total. The van der Waals surface area contributed by atoms with E-state index in [1.54, 1.807) is 0 Å². The number of rotatable bonds is 7. The Morgan fingerprint density at radius 1 is 1.19 bits per heavy atom. The van der Waals surface area contributed by atoms with Crippen LogP contribution in [0.15, 0.2) is 58.1 Å². The Morgan fingerprint density at radius 3 is 2.50 bits per heavy atom. The Balaban J connectivity index is 1.79.